The fourth-order valence-corrected chi connectivity index (χ4v) is 8.34. The minimum absolute atomic E-state index is 0.137. The van der Waals surface area contributed by atoms with Crippen LogP contribution >= 0.6 is 0 Å². The number of benzene rings is 1. The van der Waals surface area contributed by atoms with Crippen LogP contribution in [-0.4, -0.2) is 58.9 Å². The van der Waals surface area contributed by atoms with Crippen molar-refractivity contribution in [1.29, 1.82) is 0 Å². The second-order valence-electron chi connectivity index (χ2n) is 12.6. The number of aromatic nitrogens is 1. The highest BCUT2D eigenvalue weighted by molar-refractivity contribution is 5.84. The molecule has 3 atom stereocenters. The average molecular weight is 584 g/mol. The maximum absolute atomic E-state index is 14.2. The second kappa shape index (κ2) is 11.6. The van der Waals surface area contributed by atoms with E-state index in [1.165, 1.54) is 11.6 Å². The van der Waals surface area contributed by atoms with Crippen LogP contribution in [0.15, 0.2) is 36.5 Å². The van der Waals surface area contributed by atoms with Crippen LogP contribution < -0.4 is 0 Å². The quantitative estimate of drug-likeness (QED) is 0.395. The maximum atomic E-state index is 14.2. The van der Waals surface area contributed by atoms with Crippen LogP contribution in [0.2, 0.25) is 0 Å². The molecule has 2 saturated carbocycles. The number of amides is 1. The summed E-state index contributed by atoms with van der Waals surface area (Å²) in [5.41, 5.74) is 2.34. The topological polar surface area (TPSA) is 62.7 Å². The number of likely N-dealkylation sites (tertiary alicyclic amines) is 1. The number of ether oxygens (including phenoxy) is 1. The molecule has 0 radical (unpaired) electrons. The Hall–Kier alpha value is -2.94. The normalized spacial score (nSPS) is 26.6. The first-order chi connectivity index (χ1) is 20.2. The molecule has 42 heavy (non-hydrogen) atoms. The number of fused-ring (bicyclic) bond motifs is 2. The zero-order valence-electron chi connectivity index (χ0n) is 24.3. The monoisotopic (exact) mass is 583 g/mol. The first-order valence-electron chi connectivity index (χ1n) is 15.5. The smallest absolute Gasteiger partial charge is 0.417 e. The highest BCUT2D eigenvalue weighted by Gasteiger charge is 2.57. The Bertz CT molecular complexity index is 1320. The predicted octanol–water partition coefficient (Wildman–Crippen LogP) is 5.92. The third-order valence-electron chi connectivity index (χ3n) is 10.4. The van der Waals surface area contributed by atoms with Gasteiger partial charge < -0.3 is 14.5 Å². The molecule has 2 aliphatic heterocycles. The summed E-state index contributed by atoms with van der Waals surface area (Å²) in [6.07, 6.45) is 4.09. The van der Waals surface area contributed by atoms with E-state index in [9.17, 15) is 22.8 Å². The number of carbonyl (C=O) groups excluding carboxylic acids is 2. The lowest BCUT2D eigenvalue weighted by molar-refractivity contribution is -0.145. The number of hydrogen-bond acceptors (Lipinski definition) is 5. The molecule has 9 heteroatoms. The summed E-state index contributed by atoms with van der Waals surface area (Å²) >= 11 is 0. The number of esters is 1. The molecule has 3 heterocycles. The molecule has 1 aromatic carbocycles. The van der Waals surface area contributed by atoms with E-state index in [0.29, 0.717) is 55.1 Å². The zero-order valence-corrected chi connectivity index (χ0v) is 24.3. The summed E-state index contributed by atoms with van der Waals surface area (Å²) in [6.45, 7) is 4.85. The zero-order chi connectivity index (χ0) is 29.5. The molecular formula is C33H40F3N3O3. The largest absolute Gasteiger partial charge is 0.466 e. The van der Waals surface area contributed by atoms with Crippen LogP contribution in [0.25, 0.3) is 0 Å². The van der Waals surface area contributed by atoms with Crippen molar-refractivity contribution in [1.82, 2.24) is 14.8 Å². The lowest BCUT2D eigenvalue weighted by atomic mass is 9.78. The minimum Gasteiger partial charge on any atom is -0.466 e. The van der Waals surface area contributed by atoms with E-state index < -0.39 is 17.2 Å². The minimum atomic E-state index is -4.45. The molecule has 1 amide bonds. The van der Waals surface area contributed by atoms with Crippen molar-refractivity contribution < 1.29 is 27.5 Å². The van der Waals surface area contributed by atoms with Gasteiger partial charge in [0.1, 0.15) is 0 Å². The molecular weight excluding hydrogens is 543 g/mol. The number of rotatable bonds is 6. The molecule has 3 fully saturated rings. The van der Waals surface area contributed by atoms with Gasteiger partial charge in [0.15, 0.2) is 0 Å². The van der Waals surface area contributed by atoms with Crippen molar-refractivity contribution in [2.24, 2.45) is 11.3 Å². The fourth-order valence-electron chi connectivity index (χ4n) is 8.34. The van der Waals surface area contributed by atoms with Crippen LogP contribution in [0, 0.1) is 11.3 Å². The van der Waals surface area contributed by atoms with E-state index in [0.717, 1.165) is 69.8 Å². The molecule has 0 spiro atoms. The molecule has 226 valence electrons. The Balaban J connectivity index is 1.11. The Morgan fingerprint density at radius 3 is 2.67 bits per heavy atom. The van der Waals surface area contributed by atoms with Crippen molar-refractivity contribution in [3.8, 4) is 0 Å². The summed E-state index contributed by atoms with van der Waals surface area (Å²) in [7, 11) is 0. The van der Waals surface area contributed by atoms with Crippen molar-refractivity contribution in [3.05, 3.63) is 64.5 Å². The van der Waals surface area contributed by atoms with Gasteiger partial charge in [-0.3, -0.25) is 14.6 Å². The van der Waals surface area contributed by atoms with Crippen molar-refractivity contribution in [2.75, 3.05) is 26.2 Å². The van der Waals surface area contributed by atoms with Crippen LogP contribution in [0.1, 0.15) is 85.7 Å². The third kappa shape index (κ3) is 5.56. The maximum Gasteiger partial charge on any atom is 0.417 e. The Morgan fingerprint density at radius 2 is 1.90 bits per heavy atom. The van der Waals surface area contributed by atoms with Gasteiger partial charge in [-0.05, 0) is 93.1 Å². The van der Waals surface area contributed by atoms with E-state index in [1.54, 1.807) is 0 Å². The second-order valence-corrected chi connectivity index (χ2v) is 12.6. The predicted molar refractivity (Wildman–Crippen MR) is 151 cm³/mol. The summed E-state index contributed by atoms with van der Waals surface area (Å²) in [5, 5.41) is 0. The van der Waals surface area contributed by atoms with Gasteiger partial charge in [-0.15, -0.1) is 0 Å². The third-order valence-corrected chi connectivity index (χ3v) is 10.4. The number of halogens is 3. The summed E-state index contributed by atoms with van der Waals surface area (Å²) < 4.78 is 45.2. The van der Waals surface area contributed by atoms with Gasteiger partial charge in [0.05, 0.1) is 24.0 Å². The van der Waals surface area contributed by atoms with E-state index in [4.69, 9.17) is 4.74 Å². The number of nitrogens with zero attached hydrogens (tertiary/aromatic N) is 3. The van der Waals surface area contributed by atoms with Gasteiger partial charge in [-0.25, -0.2) is 0 Å². The fraction of sp³-hybridized carbons (Fsp3) is 0.606. The number of piperidine rings is 1. The number of hydrogen-bond donors (Lipinski definition) is 0. The lowest BCUT2D eigenvalue weighted by Crippen LogP contribution is -2.47. The van der Waals surface area contributed by atoms with Gasteiger partial charge in [0.2, 0.25) is 5.91 Å². The van der Waals surface area contributed by atoms with E-state index >= 15 is 0 Å². The molecule has 6 rings (SSSR count). The van der Waals surface area contributed by atoms with Gasteiger partial charge in [0.25, 0.3) is 0 Å². The van der Waals surface area contributed by atoms with Crippen LogP contribution in [-0.2, 0) is 39.9 Å². The van der Waals surface area contributed by atoms with Gasteiger partial charge in [-0.1, -0.05) is 30.7 Å². The van der Waals surface area contributed by atoms with Crippen LogP contribution in [0.5, 0.6) is 0 Å². The molecule has 6 nitrogen and oxygen atoms in total. The Morgan fingerprint density at radius 1 is 1.12 bits per heavy atom. The van der Waals surface area contributed by atoms with Crippen molar-refractivity contribution in [3.63, 3.8) is 0 Å². The molecule has 0 N–H and O–H groups in total. The molecule has 0 bridgehead atoms. The number of pyridine rings is 1. The van der Waals surface area contributed by atoms with Gasteiger partial charge in [-0.2, -0.15) is 13.2 Å². The first-order valence-corrected chi connectivity index (χ1v) is 15.5. The van der Waals surface area contributed by atoms with Gasteiger partial charge >= 0.3 is 12.1 Å². The molecule has 1 saturated heterocycles. The van der Waals surface area contributed by atoms with Crippen LogP contribution in [0.3, 0.4) is 0 Å². The van der Waals surface area contributed by atoms with Crippen molar-refractivity contribution >= 4 is 11.9 Å². The van der Waals surface area contributed by atoms with Crippen LogP contribution in [0.4, 0.5) is 13.2 Å². The number of alkyl halides is 3. The molecule has 4 aliphatic rings. The Kier molecular flexibility index (Phi) is 8.07. The average Bonchev–Trinajstić information content (AvgIpc) is 3.55. The summed E-state index contributed by atoms with van der Waals surface area (Å²) in [4.78, 5) is 34.8. The van der Waals surface area contributed by atoms with Gasteiger partial charge in [0, 0.05) is 37.4 Å². The molecule has 2 aliphatic carbocycles. The first kappa shape index (κ1) is 29.1. The lowest BCUT2D eigenvalue weighted by Gasteiger charge is -2.39. The summed E-state index contributed by atoms with van der Waals surface area (Å²) in [6, 6.07) is 9.73. The van der Waals surface area contributed by atoms with Crippen molar-refractivity contribution in [2.45, 2.75) is 89.4 Å². The molecule has 0 unspecified atom stereocenters. The molecule has 1 aromatic heterocycles. The van der Waals surface area contributed by atoms with E-state index in [2.05, 4.69) is 16.0 Å². The SMILES string of the molecule is CCOC(=O)Cc1ccccc1C1CCN([C@H]2C[C@H]3CCC[C@@]3(C(=O)N3CCc4ncc(C(F)(F)F)cc4C3)C2)CC1. The summed E-state index contributed by atoms with van der Waals surface area (Å²) in [5.74, 6) is 0.675. The number of carbonyl (C=O) groups is 2. The molecule has 2 aromatic rings. The highest BCUT2D eigenvalue weighted by Crippen LogP contribution is 2.57. The Labute approximate surface area is 245 Å². The van der Waals surface area contributed by atoms with E-state index in [1.807, 2.05) is 30.0 Å². The standard InChI is InChI=1S/C33H40F3N3O3/c1-2-42-30(40)17-23-6-3-4-8-28(23)22-9-13-38(14-10-22)27-18-25-7-5-12-32(25,19-27)31(41)39-15-11-29-24(21-39)16-26(20-37-29)33(34,35)36/h3-4,6,8,16,20,22,25,27H,2,5,7,9-15,17-19,21H2,1H3/t25-,27+,32-/m1/s1. The highest BCUT2D eigenvalue weighted by atomic mass is 19.4. The van der Waals surface area contributed by atoms with E-state index in [-0.39, 0.29) is 18.4 Å².